The number of imidazole rings is 1. The smallest absolute Gasteiger partial charge is 0.407 e. The maximum absolute atomic E-state index is 13.4. The highest BCUT2D eigenvalue weighted by molar-refractivity contribution is 9.11. The van der Waals surface area contributed by atoms with Gasteiger partial charge in [-0.15, -0.1) is 11.3 Å². The van der Waals surface area contributed by atoms with E-state index in [1.165, 1.54) is 46.2 Å². The monoisotopic (exact) mass is 596 g/mol. The Kier molecular flexibility index (Phi) is 6.84. The van der Waals surface area contributed by atoms with E-state index >= 15 is 0 Å². The number of benzene rings is 1. The molecule has 2 fully saturated rings. The zero-order chi connectivity index (χ0) is 26.6. The number of halogens is 1. The molecule has 0 spiro atoms. The van der Waals surface area contributed by atoms with Gasteiger partial charge in [-0.25, -0.2) is 9.78 Å². The number of likely N-dealkylation sites (tertiary alicyclic amines) is 1. The standard InChI is InChI=1S/C29H33BrN4O3S/c1-15(2)24(33-29(36)37-3)28(35)34-12-4-5-22(34)27-31-14-21(32-27)16-6-8-17(9-7-16)25-23-19-11-10-18(19)13-20(23)26(30)38-25/h6-9,14-15,18-19,22,24H,4-5,10-13H2,1-3H3,(H,31,32)(H,33,36). The number of alkyl carbamates (subject to hydrolysis) is 1. The Morgan fingerprint density at radius 1 is 1.18 bits per heavy atom. The molecule has 3 aromatic rings. The summed E-state index contributed by atoms with van der Waals surface area (Å²) in [6.07, 6.45) is 6.90. The largest absolute Gasteiger partial charge is 0.453 e. The Morgan fingerprint density at radius 3 is 2.63 bits per heavy atom. The van der Waals surface area contributed by atoms with Gasteiger partial charge >= 0.3 is 6.09 Å². The maximum Gasteiger partial charge on any atom is 0.407 e. The van der Waals surface area contributed by atoms with Gasteiger partial charge in [-0.05, 0) is 88.0 Å². The fourth-order valence-electron chi connectivity index (χ4n) is 6.35. The zero-order valence-corrected chi connectivity index (χ0v) is 24.3. The van der Waals surface area contributed by atoms with Crippen molar-refractivity contribution in [2.75, 3.05) is 13.7 Å². The normalized spacial score (nSPS) is 22.7. The fraction of sp³-hybridized carbons (Fsp3) is 0.483. The van der Waals surface area contributed by atoms with E-state index in [9.17, 15) is 9.59 Å². The number of aromatic nitrogens is 2. The number of methoxy groups -OCH3 is 1. The maximum atomic E-state index is 13.4. The molecule has 1 saturated heterocycles. The number of hydrogen-bond donors (Lipinski definition) is 2. The van der Waals surface area contributed by atoms with Gasteiger partial charge in [0.25, 0.3) is 0 Å². The summed E-state index contributed by atoms with van der Waals surface area (Å²) in [5, 5.41) is 2.71. The number of nitrogens with one attached hydrogen (secondary N) is 2. The van der Waals surface area contributed by atoms with Crippen molar-refractivity contribution in [3.63, 3.8) is 0 Å². The van der Waals surface area contributed by atoms with Crippen molar-refractivity contribution in [3.8, 4) is 21.7 Å². The second kappa shape index (κ2) is 10.2. The number of amides is 2. The minimum atomic E-state index is -0.640. The van der Waals surface area contributed by atoms with E-state index in [0.717, 1.165) is 41.8 Å². The summed E-state index contributed by atoms with van der Waals surface area (Å²) in [5.41, 5.74) is 6.41. The number of ether oxygens (including phenoxy) is 1. The minimum absolute atomic E-state index is 0.0612. The molecule has 3 heterocycles. The third-order valence-electron chi connectivity index (χ3n) is 8.55. The van der Waals surface area contributed by atoms with E-state index in [1.807, 2.05) is 36.3 Å². The van der Waals surface area contributed by atoms with E-state index in [-0.39, 0.29) is 17.9 Å². The number of aromatic amines is 1. The number of fused-ring (bicyclic) bond motifs is 3. The molecule has 2 N–H and O–H groups in total. The second-order valence-corrected chi connectivity index (χ2v) is 13.4. The fourth-order valence-corrected chi connectivity index (χ4v) is 8.34. The lowest BCUT2D eigenvalue weighted by Gasteiger charge is -2.31. The van der Waals surface area contributed by atoms with Gasteiger partial charge in [0.1, 0.15) is 11.9 Å². The number of nitrogens with zero attached hydrogens (tertiary/aromatic N) is 2. The highest BCUT2D eigenvalue weighted by atomic mass is 79.9. The van der Waals surface area contributed by atoms with Crippen molar-refractivity contribution >= 4 is 39.3 Å². The summed E-state index contributed by atoms with van der Waals surface area (Å²) in [4.78, 5) is 36.7. The number of hydrogen-bond acceptors (Lipinski definition) is 5. The van der Waals surface area contributed by atoms with Crippen LogP contribution in [0.1, 0.15) is 68.4 Å². The van der Waals surface area contributed by atoms with Crippen LogP contribution in [0.5, 0.6) is 0 Å². The van der Waals surface area contributed by atoms with Crippen molar-refractivity contribution in [3.05, 3.63) is 51.2 Å². The Bertz CT molecular complexity index is 1360. The lowest BCUT2D eigenvalue weighted by Crippen LogP contribution is -2.51. The Morgan fingerprint density at radius 2 is 1.95 bits per heavy atom. The summed E-state index contributed by atoms with van der Waals surface area (Å²) in [6.45, 7) is 4.49. The van der Waals surface area contributed by atoms with Crippen molar-refractivity contribution < 1.29 is 14.3 Å². The zero-order valence-electron chi connectivity index (χ0n) is 21.9. The molecular weight excluding hydrogens is 564 g/mol. The summed E-state index contributed by atoms with van der Waals surface area (Å²) in [7, 11) is 1.31. The van der Waals surface area contributed by atoms with Gasteiger partial charge in [0.05, 0.1) is 28.8 Å². The molecule has 4 atom stereocenters. The van der Waals surface area contributed by atoms with Gasteiger partial charge in [0.15, 0.2) is 0 Å². The van der Waals surface area contributed by atoms with Gasteiger partial charge in [0.2, 0.25) is 5.91 Å². The molecule has 7 nitrogen and oxygen atoms in total. The topological polar surface area (TPSA) is 87.3 Å². The Hall–Kier alpha value is -2.65. The number of rotatable bonds is 6. The molecule has 2 aromatic heterocycles. The third-order valence-corrected chi connectivity index (χ3v) is 10.6. The predicted octanol–water partition coefficient (Wildman–Crippen LogP) is 6.66. The van der Waals surface area contributed by atoms with Crippen LogP contribution in [-0.4, -0.2) is 46.6 Å². The molecule has 2 aliphatic carbocycles. The van der Waals surface area contributed by atoms with Crippen LogP contribution >= 0.6 is 27.3 Å². The van der Waals surface area contributed by atoms with Crippen LogP contribution in [0.3, 0.4) is 0 Å². The molecule has 4 unspecified atom stereocenters. The molecule has 9 heteroatoms. The van der Waals surface area contributed by atoms with E-state index in [0.29, 0.717) is 6.54 Å². The molecule has 1 aromatic carbocycles. The SMILES string of the molecule is COC(=O)NC(C(=O)N1CCCC1c1ncc(-c2ccc(-c3sc(Br)c4c3C3CCC3C4)cc2)[nH]1)C(C)C. The Balaban J connectivity index is 1.20. The first-order chi connectivity index (χ1) is 18.4. The highest BCUT2D eigenvalue weighted by Crippen LogP contribution is 2.58. The molecule has 1 saturated carbocycles. The van der Waals surface area contributed by atoms with Crippen LogP contribution in [0.4, 0.5) is 4.79 Å². The highest BCUT2D eigenvalue weighted by Gasteiger charge is 2.43. The average molecular weight is 598 g/mol. The first-order valence-electron chi connectivity index (χ1n) is 13.5. The second-order valence-electron chi connectivity index (χ2n) is 11.1. The molecule has 1 aliphatic heterocycles. The summed E-state index contributed by atoms with van der Waals surface area (Å²) in [5.74, 6) is 2.21. The van der Waals surface area contributed by atoms with E-state index in [4.69, 9.17) is 4.74 Å². The van der Waals surface area contributed by atoms with Gasteiger partial charge in [0, 0.05) is 11.4 Å². The number of carbonyl (C=O) groups is 2. The summed E-state index contributed by atoms with van der Waals surface area (Å²) < 4.78 is 6.04. The van der Waals surface area contributed by atoms with Crippen molar-refractivity contribution in [2.24, 2.45) is 11.8 Å². The van der Waals surface area contributed by atoms with Gasteiger partial charge in [-0.3, -0.25) is 4.79 Å². The van der Waals surface area contributed by atoms with Crippen LogP contribution in [0.2, 0.25) is 0 Å². The van der Waals surface area contributed by atoms with Gasteiger partial charge < -0.3 is 19.9 Å². The van der Waals surface area contributed by atoms with Crippen LogP contribution < -0.4 is 5.32 Å². The quantitative estimate of drug-likeness (QED) is 0.333. The van der Waals surface area contributed by atoms with E-state index < -0.39 is 12.1 Å². The van der Waals surface area contributed by atoms with Crippen LogP contribution in [0.15, 0.2) is 34.2 Å². The molecule has 6 rings (SSSR count). The molecular formula is C29H33BrN4O3S. The minimum Gasteiger partial charge on any atom is -0.453 e. The lowest BCUT2D eigenvalue weighted by atomic mass is 9.74. The van der Waals surface area contributed by atoms with E-state index in [1.54, 1.807) is 5.56 Å². The van der Waals surface area contributed by atoms with Crippen molar-refractivity contribution in [2.45, 2.75) is 64.0 Å². The van der Waals surface area contributed by atoms with Crippen LogP contribution in [0, 0.1) is 11.8 Å². The van der Waals surface area contributed by atoms with Crippen LogP contribution in [-0.2, 0) is 16.0 Å². The lowest BCUT2D eigenvalue weighted by molar-refractivity contribution is -0.135. The summed E-state index contributed by atoms with van der Waals surface area (Å²) >= 11 is 5.70. The summed E-state index contributed by atoms with van der Waals surface area (Å²) in [6, 6.07) is 7.98. The predicted molar refractivity (Wildman–Crippen MR) is 152 cm³/mol. The van der Waals surface area contributed by atoms with Crippen molar-refractivity contribution in [1.29, 1.82) is 0 Å². The molecule has 2 amide bonds. The molecule has 38 heavy (non-hydrogen) atoms. The third kappa shape index (κ3) is 4.37. The van der Waals surface area contributed by atoms with E-state index in [2.05, 4.69) is 55.5 Å². The van der Waals surface area contributed by atoms with Crippen LogP contribution in [0.25, 0.3) is 21.7 Å². The number of H-pyrrole nitrogens is 1. The molecule has 0 bridgehead atoms. The molecule has 3 aliphatic rings. The average Bonchev–Trinajstić information content (AvgIpc) is 3.67. The number of thiophene rings is 1. The Labute approximate surface area is 235 Å². The number of carbonyl (C=O) groups excluding carboxylic acids is 2. The first-order valence-corrected chi connectivity index (χ1v) is 15.1. The van der Waals surface area contributed by atoms with Gasteiger partial charge in [-0.2, -0.15) is 0 Å². The molecule has 0 radical (unpaired) electrons. The van der Waals surface area contributed by atoms with Gasteiger partial charge in [-0.1, -0.05) is 38.1 Å². The molecule has 200 valence electrons. The van der Waals surface area contributed by atoms with Crippen molar-refractivity contribution in [1.82, 2.24) is 20.2 Å². The first kappa shape index (κ1) is 25.6.